The molecule has 0 saturated carbocycles. The lowest BCUT2D eigenvalue weighted by atomic mass is 10.1. The van der Waals surface area contributed by atoms with Crippen molar-refractivity contribution in [2.75, 3.05) is 20.1 Å². The molecule has 0 aromatic heterocycles. The van der Waals surface area contributed by atoms with Crippen molar-refractivity contribution in [2.24, 2.45) is 4.99 Å². The van der Waals surface area contributed by atoms with E-state index in [1.165, 1.54) is 44.9 Å². The van der Waals surface area contributed by atoms with Crippen molar-refractivity contribution < 1.29 is 4.79 Å². The van der Waals surface area contributed by atoms with Crippen molar-refractivity contribution in [3.05, 3.63) is 0 Å². The summed E-state index contributed by atoms with van der Waals surface area (Å²) < 4.78 is 0. The van der Waals surface area contributed by atoms with E-state index >= 15 is 0 Å². The second-order valence-corrected chi connectivity index (χ2v) is 5.28. The third kappa shape index (κ3) is 5.65. The molecule has 1 aliphatic rings. The highest BCUT2D eigenvalue weighted by Gasteiger charge is 2.23. The molecule has 104 valence electrons. The van der Waals surface area contributed by atoms with Gasteiger partial charge in [0.05, 0.1) is 0 Å². The summed E-state index contributed by atoms with van der Waals surface area (Å²) in [5.41, 5.74) is 0.792. The predicted octanol–water partition coefficient (Wildman–Crippen LogP) is 3.43. The Bertz CT molecular complexity index is 274. The van der Waals surface area contributed by atoms with Crippen LogP contribution in [0.1, 0.15) is 64.7 Å². The molecule has 18 heavy (non-hydrogen) atoms. The van der Waals surface area contributed by atoms with Gasteiger partial charge in [-0.25, -0.2) is 0 Å². The van der Waals surface area contributed by atoms with Gasteiger partial charge >= 0.3 is 0 Å². The fourth-order valence-electron chi connectivity index (χ4n) is 2.31. The number of aliphatic imine (C=N–C) groups is 1. The van der Waals surface area contributed by atoms with Gasteiger partial charge in [-0.15, -0.1) is 0 Å². The van der Waals surface area contributed by atoms with Gasteiger partial charge in [-0.2, -0.15) is 0 Å². The largest absolute Gasteiger partial charge is 0.340 e. The Morgan fingerprint density at radius 1 is 1.06 bits per heavy atom. The summed E-state index contributed by atoms with van der Waals surface area (Å²) in [6.45, 7) is 3.93. The quantitative estimate of drug-likeness (QED) is 0.579. The maximum absolute atomic E-state index is 11.6. The van der Waals surface area contributed by atoms with E-state index in [1.54, 1.807) is 4.90 Å². The summed E-state index contributed by atoms with van der Waals surface area (Å²) in [7, 11) is 1.85. The van der Waals surface area contributed by atoms with Crippen LogP contribution in [0.4, 0.5) is 0 Å². The second kappa shape index (κ2) is 9.12. The zero-order chi connectivity index (χ0) is 13.2. The van der Waals surface area contributed by atoms with Gasteiger partial charge in [0.15, 0.2) is 0 Å². The molecule has 0 aromatic rings. The van der Waals surface area contributed by atoms with Crippen molar-refractivity contribution in [3.8, 4) is 0 Å². The van der Waals surface area contributed by atoms with Crippen molar-refractivity contribution in [2.45, 2.75) is 64.7 Å². The lowest BCUT2D eigenvalue weighted by Crippen LogP contribution is -2.22. The van der Waals surface area contributed by atoms with Gasteiger partial charge < -0.3 is 4.90 Å². The number of hydrogen-bond acceptors (Lipinski definition) is 2. The van der Waals surface area contributed by atoms with Gasteiger partial charge in [-0.1, -0.05) is 51.9 Å². The molecule has 0 aromatic carbocycles. The van der Waals surface area contributed by atoms with Gasteiger partial charge in [0, 0.05) is 26.6 Å². The van der Waals surface area contributed by atoms with Crippen molar-refractivity contribution in [1.82, 2.24) is 4.90 Å². The lowest BCUT2D eigenvalue weighted by molar-refractivity contribution is -0.121. The molecule has 3 nitrogen and oxygen atoms in total. The fraction of sp³-hybridized carbons (Fsp3) is 0.867. The minimum atomic E-state index is 0.134. The highest BCUT2D eigenvalue weighted by atomic mass is 16.2. The number of nitrogens with zero attached hydrogens (tertiary/aromatic N) is 2. The van der Waals surface area contributed by atoms with Gasteiger partial charge in [0.2, 0.25) is 0 Å². The molecule has 1 amide bonds. The number of amides is 1. The first kappa shape index (κ1) is 15.2. The van der Waals surface area contributed by atoms with Crippen molar-refractivity contribution >= 4 is 11.6 Å². The Hall–Kier alpha value is -0.860. The van der Waals surface area contributed by atoms with Crippen LogP contribution in [0.2, 0.25) is 0 Å². The van der Waals surface area contributed by atoms with Crippen LogP contribution < -0.4 is 0 Å². The number of hydrogen-bond donors (Lipinski definition) is 0. The van der Waals surface area contributed by atoms with Crippen LogP contribution >= 0.6 is 0 Å². The molecular weight excluding hydrogens is 224 g/mol. The van der Waals surface area contributed by atoms with Gasteiger partial charge in [-0.05, 0) is 6.42 Å². The Morgan fingerprint density at radius 3 is 2.22 bits per heavy atom. The lowest BCUT2D eigenvalue weighted by Gasteiger charge is -2.04. The SMILES string of the molecule is CCCCCCCCCCN=C1CCN(C)C1=O. The van der Waals surface area contributed by atoms with Crippen LogP contribution in [-0.2, 0) is 4.79 Å². The van der Waals surface area contributed by atoms with Crippen LogP contribution in [0.15, 0.2) is 4.99 Å². The number of rotatable bonds is 9. The topological polar surface area (TPSA) is 32.7 Å². The maximum Gasteiger partial charge on any atom is 0.267 e. The normalized spacial score (nSPS) is 18.0. The van der Waals surface area contributed by atoms with E-state index in [0.717, 1.165) is 31.6 Å². The molecule has 1 fully saturated rings. The van der Waals surface area contributed by atoms with Crippen LogP contribution in [0, 0.1) is 0 Å². The average Bonchev–Trinajstić information content (AvgIpc) is 2.68. The van der Waals surface area contributed by atoms with Crippen LogP contribution in [0.25, 0.3) is 0 Å². The molecule has 1 rings (SSSR count). The molecule has 0 atom stereocenters. The average molecular weight is 252 g/mol. The molecule has 3 heteroatoms. The summed E-state index contributed by atoms with van der Waals surface area (Å²) >= 11 is 0. The molecule has 1 heterocycles. The van der Waals surface area contributed by atoms with Gasteiger partial charge in [0.1, 0.15) is 5.71 Å². The molecule has 0 bridgehead atoms. The van der Waals surface area contributed by atoms with Crippen molar-refractivity contribution in [3.63, 3.8) is 0 Å². The molecule has 1 saturated heterocycles. The number of likely N-dealkylation sites (tertiary alicyclic amines) is 1. The van der Waals surface area contributed by atoms with Gasteiger partial charge in [-0.3, -0.25) is 9.79 Å². The van der Waals surface area contributed by atoms with Crippen LogP contribution in [0.3, 0.4) is 0 Å². The van der Waals surface area contributed by atoms with E-state index in [4.69, 9.17) is 0 Å². The van der Waals surface area contributed by atoms with Crippen molar-refractivity contribution in [1.29, 1.82) is 0 Å². The molecule has 0 N–H and O–H groups in total. The van der Waals surface area contributed by atoms with E-state index in [-0.39, 0.29) is 5.91 Å². The number of carbonyl (C=O) groups is 1. The number of unbranched alkanes of at least 4 members (excludes halogenated alkanes) is 7. The standard InChI is InChI=1S/C15H28N2O/c1-3-4-5-6-7-8-9-10-12-16-14-11-13-17(2)15(14)18/h3-13H2,1-2H3. The third-order valence-electron chi connectivity index (χ3n) is 3.59. The highest BCUT2D eigenvalue weighted by Crippen LogP contribution is 2.09. The summed E-state index contributed by atoms with van der Waals surface area (Å²) in [5.74, 6) is 0.134. The summed E-state index contributed by atoms with van der Waals surface area (Å²) in [6.07, 6.45) is 11.4. The highest BCUT2D eigenvalue weighted by molar-refractivity contribution is 6.40. The number of carbonyl (C=O) groups excluding carboxylic acids is 1. The first-order valence-electron chi connectivity index (χ1n) is 7.54. The first-order chi connectivity index (χ1) is 8.75. The van der Waals surface area contributed by atoms with E-state index in [1.807, 2.05) is 7.05 Å². The zero-order valence-electron chi connectivity index (χ0n) is 12.1. The Balaban J connectivity index is 1.95. The first-order valence-corrected chi connectivity index (χ1v) is 7.54. The fourth-order valence-corrected chi connectivity index (χ4v) is 2.31. The molecule has 0 radical (unpaired) electrons. The Labute approximate surface area is 112 Å². The molecule has 0 spiro atoms. The maximum atomic E-state index is 11.6. The Kier molecular flexibility index (Phi) is 7.70. The minimum Gasteiger partial charge on any atom is -0.340 e. The summed E-state index contributed by atoms with van der Waals surface area (Å²) in [4.78, 5) is 17.8. The predicted molar refractivity (Wildman–Crippen MR) is 77.2 cm³/mol. The van der Waals surface area contributed by atoms with Gasteiger partial charge in [0.25, 0.3) is 5.91 Å². The van der Waals surface area contributed by atoms with E-state index in [9.17, 15) is 4.79 Å². The monoisotopic (exact) mass is 252 g/mol. The summed E-state index contributed by atoms with van der Waals surface area (Å²) in [5, 5.41) is 0. The van der Waals surface area contributed by atoms with E-state index in [2.05, 4.69) is 11.9 Å². The molecular formula is C15H28N2O. The molecule has 1 aliphatic heterocycles. The summed E-state index contributed by atoms with van der Waals surface area (Å²) in [6, 6.07) is 0. The Morgan fingerprint density at radius 2 is 1.67 bits per heavy atom. The minimum absolute atomic E-state index is 0.134. The molecule has 0 aliphatic carbocycles. The van der Waals surface area contributed by atoms with E-state index in [0.29, 0.717) is 0 Å². The smallest absolute Gasteiger partial charge is 0.267 e. The third-order valence-corrected chi connectivity index (χ3v) is 3.59. The zero-order valence-corrected chi connectivity index (χ0v) is 12.1. The van der Waals surface area contributed by atoms with E-state index < -0.39 is 0 Å². The van der Waals surface area contributed by atoms with Crippen LogP contribution in [0.5, 0.6) is 0 Å². The second-order valence-electron chi connectivity index (χ2n) is 5.28. The van der Waals surface area contributed by atoms with Crippen LogP contribution in [-0.4, -0.2) is 36.7 Å². The molecule has 0 unspecified atom stereocenters.